The maximum absolute atomic E-state index is 13.5. The normalized spacial score (nSPS) is 11.2. The molecule has 0 heterocycles. The Morgan fingerprint density at radius 2 is 2.00 bits per heavy atom. The van der Waals surface area contributed by atoms with Crippen LogP contribution in [0.1, 0.15) is 12.5 Å². The van der Waals surface area contributed by atoms with Crippen molar-refractivity contribution < 1.29 is 27.5 Å². The molecule has 0 saturated carbocycles. The van der Waals surface area contributed by atoms with Gasteiger partial charge in [-0.3, -0.25) is 4.79 Å². The second-order valence-electron chi connectivity index (χ2n) is 3.61. The first-order chi connectivity index (χ1) is 8.80. The molecule has 0 aromatic heterocycles. The molecule has 19 heavy (non-hydrogen) atoms. The number of ether oxygens (including phenoxy) is 1. The largest absolute Gasteiger partial charge is 0.461 e. The lowest BCUT2D eigenvalue weighted by atomic mass is 10.0. The fourth-order valence-corrected chi connectivity index (χ4v) is 1.50. The van der Waals surface area contributed by atoms with E-state index in [0.717, 1.165) is 6.07 Å². The minimum Gasteiger partial charge on any atom is -0.461 e. The fourth-order valence-electron chi connectivity index (χ4n) is 1.30. The molecule has 0 bridgehead atoms. The zero-order valence-electron chi connectivity index (χ0n) is 9.88. The maximum atomic E-state index is 13.5. The van der Waals surface area contributed by atoms with Gasteiger partial charge in [0.15, 0.2) is 0 Å². The SMILES string of the molecule is CCOC(=O)C(F)(F)C(=O)Cc1cccc(Cl)c1F. The second kappa shape index (κ2) is 6.06. The summed E-state index contributed by atoms with van der Waals surface area (Å²) < 4.78 is 44.2. The van der Waals surface area contributed by atoms with Gasteiger partial charge in [0.25, 0.3) is 0 Å². The highest BCUT2D eigenvalue weighted by atomic mass is 35.5. The van der Waals surface area contributed by atoms with Crippen molar-refractivity contribution in [3.8, 4) is 0 Å². The Kier molecular flexibility index (Phi) is 4.94. The van der Waals surface area contributed by atoms with E-state index in [4.69, 9.17) is 11.6 Å². The molecule has 0 fully saturated rings. The first-order valence-electron chi connectivity index (χ1n) is 5.32. The molecule has 0 saturated heterocycles. The molecule has 0 atom stereocenters. The standard InChI is InChI=1S/C12H10ClF3O3/c1-2-19-11(18)12(15,16)9(17)6-7-4-3-5-8(13)10(7)14/h3-5H,2,6H2,1H3. The summed E-state index contributed by atoms with van der Waals surface area (Å²) in [6.45, 7) is 1.04. The molecular formula is C12H10ClF3O3. The van der Waals surface area contributed by atoms with Crippen LogP contribution in [0.25, 0.3) is 0 Å². The molecule has 0 unspecified atom stereocenters. The van der Waals surface area contributed by atoms with E-state index in [2.05, 4.69) is 4.74 Å². The number of rotatable bonds is 5. The summed E-state index contributed by atoms with van der Waals surface area (Å²) in [7, 11) is 0. The lowest BCUT2D eigenvalue weighted by Crippen LogP contribution is -2.40. The summed E-state index contributed by atoms with van der Waals surface area (Å²) in [5.41, 5.74) is -0.304. The zero-order chi connectivity index (χ0) is 14.6. The van der Waals surface area contributed by atoms with E-state index in [1.807, 2.05) is 0 Å². The van der Waals surface area contributed by atoms with Gasteiger partial charge in [0, 0.05) is 6.42 Å². The number of esters is 1. The van der Waals surface area contributed by atoms with Crippen LogP contribution in [0.4, 0.5) is 13.2 Å². The molecule has 1 aromatic carbocycles. The lowest BCUT2D eigenvalue weighted by Gasteiger charge is -2.13. The minimum absolute atomic E-state index is 0.284. The summed E-state index contributed by atoms with van der Waals surface area (Å²) in [6, 6.07) is 3.67. The van der Waals surface area contributed by atoms with E-state index < -0.39 is 29.9 Å². The van der Waals surface area contributed by atoms with Gasteiger partial charge < -0.3 is 4.74 Å². The van der Waals surface area contributed by atoms with Crippen LogP contribution in [0.15, 0.2) is 18.2 Å². The molecule has 104 valence electrons. The summed E-state index contributed by atoms with van der Waals surface area (Å²) >= 11 is 5.46. The van der Waals surface area contributed by atoms with Gasteiger partial charge >= 0.3 is 11.9 Å². The van der Waals surface area contributed by atoms with Gasteiger partial charge in [-0.25, -0.2) is 9.18 Å². The molecule has 0 aliphatic heterocycles. The van der Waals surface area contributed by atoms with E-state index in [-0.39, 0.29) is 17.2 Å². The maximum Gasteiger partial charge on any atom is 0.400 e. The molecule has 0 spiro atoms. The quantitative estimate of drug-likeness (QED) is 0.619. The molecule has 1 rings (SSSR count). The monoisotopic (exact) mass is 294 g/mol. The number of benzene rings is 1. The van der Waals surface area contributed by atoms with Crippen LogP contribution in [-0.4, -0.2) is 24.3 Å². The first kappa shape index (κ1) is 15.5. The Balaban J connectivity index is 2.90. The van der Waals surface area contributed by atoms with Crippen molar-refractivity contribution in [1.82, 2.24) is 0 Å². The van der Waals surface area contributed by atoms with Crippen LogP contribution in [0.2, 0.25) is 5.02 Å². The third kappa shape index (κ3) is 3.47. The van der Waals surface area contributed by atoms with Gasteiger partial charge in [-0.05, 0) is 18.6 Å². The summed E-state index contributed by atoms with van der Waals surface area (Å²) in [4.78, 5) is 22.3. The molecular weight excluding hydrogens is 285 g/mol. The zero-order valence-corrected chi connectivity index (χ0v) is 10.6. The van der Waals surface area contributed by atoms with Crippen molar-refractivity contribution in [3.63, 3.8) is 0 Å². The Morgan fingerprint density at radius 1 is 1.37 bits per heavy atom. The molecule has 3 nitrogen and oxygen atoms in total. The van der Waals surface area contributed by atoms with Gasteiger partial charge in [-0.15, -0.1) is 0 Å². The topological polar surface area (TPSA) is 43.4 Å². The number of carbonyl (C=O) groups excluding carboxylic acids is 2. The molecule has 0 radical (unpaired) electrons. The van der Waals surface area contributed by atoms with Gasteiger partial charge in [0.2, 0.25) is 5.78 Å². The number of Topliss-reactive ketones (excluding diaryl/α,β-unsaturated/α-hetero) is 1. The fraction of sp³-hybridized carbons (Fsp3) is 0.333. The summed E-state index contributed by atoms with van der Waals surface area (Å²) in [5, 5.41) is -0.287. The molecule has 1 aromatic rings. The van der Waals surface area contributed by atoms with Crippen molar-refractivity contribution in [2.24, 2.45) is 0 Å². The van der Waals surface area contributed by atoms with Crippen molar-refractivity contribution in [1.29, 1.82) is 0 Å². The van der Waals surface area contributed by atoms with Gasteiger partial charge in [0.05, 0.1) is 11.6 Å². The molecule has 0 aliphatic carbocycles. The average Bonchev–Trinajstić information content (AvgIpc) is 2.35. The molecule has 0 amide bonds. The Labute approximate surface area is 112 Å². The van der Waals surface area contributed by atoms with E-state index in [1.54, 1.807) is 0 Å². The van der Waals surface area contributed by atoms with E-state index >= 15 is 0 Å². The predicted molar refractivity (Wildman–Crippen MR) is 61.7 cm³/mol. The van der Waals surface area contributed by atoms with Crippen LogP contribution < -0.4 is 0 Å². The Bertz CT molecular complexity index is 503. The third-order valence-electron chi connectivity index (χ3n) is 2.26. The highest BCUT2D eigenvalue weighted by Gasteiger charge is 2.48. The van der Waals surface area contributed by atoms with Gasteiger partial charge in [-0.1, -0.05) is 23.7 Å². The number of hydrogen-bond acceptors (Lipinski definition) is 3. The number of carbonyl (C=O) groups is 2. The number of alkyl halides is 2. The van der Waals surface area contributed by atoms with Crippen LogP contribution in [0, 0.1) is 5.82 Å². The van der Waals surface area contributed by atoms with Crippen molar-refractivity contribution in [2.75, 3.05) is 6.61 Å². The highest BCUT2D eigenvalue weighted by Crippen LogP contribution is 2.23. The van der Waals surface area contributed by atoms with Gasteiger partial charge in [0.1, 0.15) is 5.82 Å². The van der Waals surface area contributed by atoms with Crippen molar-refractivity contribution in [2.45, 2.75) is 19.3 Å². The van der Waals surface area contributed by atoms with E-state index in [0.29, 0.717) is 0 Å². The smallest absolute Gasteiger partial charge is 0.400 e. The van der Waals surface area contributed by atoms with E-state index in [9.17, 15) is 22.8 Å². The lowest BCUT2D eigenvalue weighted by molar-refractivity contribution is -0.176. The van der Waals surface area contributed by atoms with Gasteiger partial charge in [-0.2, -0.15) is 8.78 Å². The van der Waals surface area contributed by atoms with Crippen molar-refractivity contribution >= 4 is 23.4 Å². The minimum atomic E-state index is -4.30. The summed E-state index contributed by atoms with van der Waals surface area (Å²) in [6.07, 6.45) is -0.946. The number of hydrogen-bond donors (Lipinski definition) is 0. The second-order valence-corrected chi connectivity index (χ2v) is 4.01. The van der Waals surface area contributed by atoms with Crippen LogP contribution in [0.3, 0.4) is 0 Å². The average molecular weight is 295 g/mol. The Morgan fingerprint density at radius 3 is 2.58 bits per heavy atom. The van der Waals surface area contributed by atoms with Crippen molar-refractivity contribution in [3.05, 3.63) is 34.6 Å². The Hall–Kier alpha value is -1.56. The van der Waals surface area contributed by atoms with Crippen LogP contribution in [0.5, 0.6) is 0 Å². The van der Waals surface area contributed by atoms with Crippen LogP contribution in [-0.2, 0) is 20.7 Å². The third-order valence-corrected chi connectivity index (χ3v) is 2.56. The molecule has 0 N–H and O–H groups in total. The first-order valence-corrected chi connectivity index (χ1v) is 5.69. The molecule has 7 heteroatoms. The number of halogens is 4. The predicted octanol–water partition coefficient (Wildman–Crippen LogP) is 2.79. The highest BCUT2D eigenvalue weighted by molar-refractivity contribution is 6.30. The van der Waals surface area contributed by atoms with E-state index in [1.165, 1.54) is 19.1 Å². The van der Waals surface area contributed by atoms with Crippen LogP contribution >= 0.6 is 11.6 Å². The number of ketones is 1. The molecule has 0 aliphatic rings. The summed E-state index contributed by atoms with van der Waals surface area (Å²) in [5.74, 6) is -8.95.